The minimum absolute atomic E-state index is 0.0576. The van der Waals surface area contributed by atoms with Crippen LogP contribution in [0.2, 0.25) is 5.28 Å². The Bertz CT molecular complexity index is 341. The molecule has 0 aromatic carbocycles. The SMILES string of the molecule is CC(C)OCCn1c(Cl)nnc1C(C)(C)C. The molecule has 16 heavy (non-hydrogen) atoms. The summed E-state index contributed by atoms with van der Waals surface area (Å²) in [5.74, 6) is 0.893. The number of halogens is 1. The first-order valence-corrected chi connectivity index (χ1v) is 5.91. The lowest BCUT2D eigenvalue weighted by Gasteiger charge is -2.19. The van der Waals surface area contributed by atoms with E-state index in [9.17, 15) is 0 Å². The zero-order chi connectivity index (χ0) is 12.3. The molecule has 5 heteroatoms. The quantitative estimate of drug-likeness (QED) is 0.819. The summed E-state index contributed by atoms with van der Waals surface area (Å²) in [5.41, 5.74) is -0.0576. The highest BCUT2D eigenvalue weighted by Crippen LogP contribution is 2.22. The Morgan fingerprint density at radius 2 is 1.94 bits per heavy atom. The normalized spacial score (nSPS) is 12.4. The molecule has 0 N–H and O–H groups in total. The highest BCUT2D eigenvalue weighted by molar-refractivity contribution is 6.28. The van der Waals surface area contributed by atoms with Gasteiger partial charge in [0.05, 0.1) is 19.3 Å². The zero-order valence-electron chi connectivity index (χ0n) is 10.6. The maximum absolute atomic E-state index is 6.00. The minimum atomic E-state index is -0.0576. The molecule has 0 unspecified atom stereocenters. The third-order valence-corrected chi connectivity index (χ3v) is 2.42. The van der Waals surface area contributed by atoms with Crippen LogP contribution in [-0.2, 0) is 16.7 Å². The lowest BCUT2D eigenvalue weighted by atomic mass is 9.96. The number of hydrogen-bond acceptors (Lipinski definition) is 3. The van der Waals surface area contributed by atoms with Crippen LogP contribution in [0.1, 0.15) is 40.4 Å². The van der Waals surface area contributed by atoms with Gasteiger partial charge in [-0.1, -0.05) is 20.8 Å². The first kappa shape index (κ1) is 13.5. The van der Waals surface area contributed by atoms with Gasteiger partial charge in [0.1, 0.15) is 5.82 Å². The zero-order valence-corrected chi connectivity index (χ0v) is 11.4. The topological polar surface area (TPSA) is 39.9 Å². The van der Waals surface area contributed by atoms with E-state index < -0.39 is 0 Å². The second kappa shape index (κ2) is 5.15. The van der Waals surface area contributed by atoms with Gasteiger partial charge in [0, 0.05) is 5.41 Å². The molecule has 0 aliphatic carbocycles. The number of aromatic nitrogens is 3. The first-order chi connectivity index (χ1) is 7.32. The van der Waals surface area contributed by atoms with Crippen LogP contribution in [0.15, 0.2) is 0 Å². The van der Waals surface area contributed by atoms with E-state index in [1.54, 1.807) is 0 Å². The van der Waals surface area contributed by atoms with Crippen molar-refractivity contribution in [3.8, 4) is 0 Å². The molecule has 0 aliphatic heterocycles. The number of nitrogens with zero attached hydrogens (tertiary/aromatic N) is 3. The third-order valence-electron chi connectivity index (χ3n) is 2.14. The Kier molecular flexibility index (Phi) is 4.33. The molecule has 0 saturated heterocycles. The fourth-order valence-corrected chi connectivity index (χ4v) is 1.62. The maximum atomic E-state index is 6.00. The van der Waals surface area contributed by atoms with Gasteiger partial charge in [0.15, 0.2) is 0 Å². The van der Waals surface area contributed by atoms with Crippen molar-refractivity contribution >= 4 is 11.6 Å². The van der Waals surface area contributed by atoms with Gasteiger partial charge < -0.3 is 4.74 Å². The number of hydrogen-bond donors (Lipinski definition) is 0. The minimum Gasteiger partial charge on any atom is -0.377 e. The summed E-state index contributed by atoms with van der Waals surface area (Å²) in [4.78, 5) is 0. The molecule has 0 amide bonds. The van der Waals surface area contributed by atoms with Crippen LogP contribution >= 0.6 is 11.6 Å². The second-order valence-corrected chi connectivity index (χ2v) is 5.45. The fraction of sp³-hybridized carbons (Fsp3) is 0.818. The standard InChI is InChI=1S/C11H20ClN3O/c1-8(2)16-7-6-15-9(11(3,4)5)13-14-10(15)12/h8H,6-7H2,1-5H3. The summed E-state index contributed by atoms with van der Waals surface area (Å²) in [6.07, 6.45) is 0.230. The number of rotatable bonds is 4. The Labute approximate surface area is 102 Å². The summed E-state index contributed by atoms with van der Waals surface area (Å²) < 4.78 is 7.41. The lowest BCUT2D eigenvalue weighted by Crippen LogP contribution is -2.21. The molecule has 92 valence electrons. The van der Waals surface area contributed by atoms with Crippen molar-refractivity contribution in [2.24, 2.45) is 0 Å². The molecule has 1 aromatic heterocycles. The first-order valence-electron chi connectivity index (χ1n) is 5.53. The molecule has 0 aliphatic rings. The predicted molar refractivity (Wildman–Crippen MR) is 64.8 cm³/mol. The maximum Gasteiger partial charge on any atom is 0.225 e. The third kappa shape index (κ3) is 3.46. The Hall–Kier alpha value is -0.610. The van der Waals surface area contributed by atoms with Crippen LogP contribution in [-0.4, -0.2) is 27.5 Å². The molecule has 0 saturated carbocycles. The van der Waals surface area contributed by atoms with Crippen molar-refractivity contribution < 1.29 is 4.74 Å². The number of ether oxygens (including phenoxy) is 1. The molecular weight excluding hydrogens is 226 g/mol. The van der Waals surface area contributed by atoms with E-state index in [0.717, 1.165) is 5.82 Å². The summed E-state index contributed by atoms with van der Waals surface area (Å²) >= 11 is 6.00. The highest BCUT2D eigenvalue weighted by Gasteiger charge is 2.22. The van der Waals surface area contributed by atoms with Crippen LogP contribution in [0.5, 0.6) is 0 Å². The molecule has 1 aromatic rings. The lowest BCUT2D eigenvalue weighted by molar-refractivity contribution is 0.0719. The average Bonchev–Trinajstić information content (AvgIpc) is 2.46. The van der Waals surface area contributed by atoms with Crippen molar-refractivity contribution in [2.75, 3.05) is 6.61 Å². The van der Waals surface area contributed by atoms with Crippen molar-refractivity contribution in [1.29, 1.82) is 0 Å². The van der Waals surface area contributed by atoms with Gasteiger partial charge in [-0.2, -0.15) is 0 Å². The van der Waals surface area contributed by atoms with E-state index >= 15 is 0 Å². The van der Waals surface area contributed by atoms with Crippen molar-refractivity contribution in [3.63, 3.8) is 0 Å². The van der Waals surface area contributed by atoms with E-state index in [0.29, 0.717) is 18.4 Å². The van der Waals surface area contributed by atoms with Gasteiger partial charge in [0.25, 0.3) is 0 Å². The van der Waals surface area contributed by atoms with Crippen molar-refractivity contribution in [2.45, 2.75) is 52.7 Å². The van der Waals surface area contributed by atoms with Gasteiger partial charge in [-0.3, -0.25) is 4.57 Å². The largest absolute Gasteiger partial charge is 0.377 e. The molecule has 0 radical (unpaired) electrons. The van der Waals surface area contributed by atoms with Crippen molar-refractivity contribution in [3.05, 3.63) is 11.1 Å². The molecule has 0 fully saturated rings. The van der Waals surface area contributed by atoms with Gasteiger partial charge >= 0.3 is 0 Å². The van der Waals surface area contributed by atoms with Crippen LogP contribution < -0.4 is 0 Å². The van der Waals surface area contributed by atoms with E-state index in [1.165, 1.54) is 0 Å². The summed E-state index contributed by atoms with van der Waals surface area (Å²) in [6, 6.07) is 0. The molecule has 1 rings (SSSR count). The smallest absolute Gasteiger partial charge is 0.225 e. The Morgan fingerprint density at radius 3 is 2.44 bits per heavy atom. The molecule has 1 heterocycles. The van der Waals surface area contributed by atoms with Crippen molar-refractivity contribution in [1.82, 2.24) is 14.8 Å². The van der Waals surface area contributed by atoms with Gasteiger partial charge in [-0.25, -0.2) is 0 Å². The van der Waals surface area contributed by atoms with Gasteiger partial charge in [-0.05, 0) is 25.4 Å². The van der Waals surface area contributed by atoms with Crippen LogP contribution in [0.4, 0.5) is 0 Å². The highest BCUT2D eigenvalue weighted by atomic mass is 35.5. The fourth-order valence-electron chi connectivity index (χ4n) is 1.42. The molecule has 0 bridgehead atoms. The second-order valence-electron chi connectivity index (χ2n) is 5.11. The van der Waals surface area contributed by atoms with Crippen LogP contribution in [0, 0.1) is 0 Å². The summed E-state index contributed by atoms with van der Waals surface area (Å²) in [6.45, 7) is 11.6. The monoisotopic (exact) mass is 245 g/mol. The predicted octanol–water partition coefficient (Wildman–Crippen LogP) is 2.65. The average molecular weight is 246 g/mol. The molecule has 4 nitrogen and oxygen atoms in total. The summed E-state index contributed by atoms with van der Waals surface area (Å²) in [5, 5.41) is 8.44. The van der Waals surface area contributed by atoms with E-state index in [-0.39, 0.29) is 11.5 Å². The molecule has 0 spiro atoms. The molecular formula is C11H20ClN3O. The van der Waals surface area contributed by atoms with Gasteiger partial charge in [0.2, 0.25) is 5.28 Å². The van der Waals surface area contributed by atoms with E-state index in [1.807, 2.05) is 18.4 Å². The Balaban J connectivity index is 2.75. The van der Waals surface area contributed by atoms with E-state index in [2.05, 4.69) is 31.0 Å². The van der Waals surface area contributed by atoms with Gasteiger partial charge in [-0.15, -0.1) is 10.2 Å². The Morgan fingerprint density at radius 1 is 1.31 bits per heavy atom. The van der Waals surface area contributed by atoms with E-state index in [4.69, 9.17) is 16.3 Å². The molecule has 0 atom stereocenters. The van der Waals surface area contributed by atoms with Crippen LogP contribution in [0.3, 0.4) is 0 Å². The van der Waals surface area contributed by atoms with Crippen LogP contribution in [0.25, 0.3) is 0 Å². The summed E-state index contributed by atoms with van der Waals surface area (Å²) in [7, 11) is 0.